The van der Waals surface area contributed by atoms with Gasteiger partial charge in [-0.2, -0.15) is 8.42 Å². The Bertz CT molecular complexity index is 955. The van der Waals surface area contributed by atoms with Crippen LogP contribution in [0.3, 0.4) is 0 Å². The largest absolute Gasteiger partial charge is 0.443 e. The SMILES string of the molecule is CC(C)n1c(=O)on(S(=O)(=O)c2cc(Cl)c(Cl)cc2Cl)c1=O. The second-order valence-electron chi connectivity index (χ2n) is 4.53. The second kappa shape index (κ2) is 5.77. The van der Waals surface area contributed by atoms with Gasteiger partial charge in [-0.05, 0) is 30.1 Å². The molecule has 1 aromatic carbocycles. The summed E-state index contributed by atoms with van der Waals surface area (Å²) < 4.78 is 30.1. The molecule has 0 aliphatic carbocycles. The topological polar surface area (TPSA) is 91.3 Å². The van der Waals surface area contributed by atoms with E-state index in [2.05, 4.69) is 4.52 Å². The van der Waals surface area contributed by atoms with Crippen molar-refractivity contribution in [3.8, 4) is 0 Å². The van der Waals surface area contributed by atoms with Crippen LogP contribution in [0.5, 0.6) is 0 Å². The van der Waals surface area contributed by atoms with Crippen molar-refractivity contribution < 1.29 is 12.9 Å². The molecule has 0 N–H and O–H groups in total. The highest BCUT2D eigenvalue weighted by molar-refractivity contribution is 7.89. The molecule has 0 saturated carbocycles. The predicted octanol–water partition coefficient (Wildman–Crippen LogP) is 2.38. The Morgan fingerprint density at radius 3 is 2.09 bits per heavy atom. The van der Waals surface area contributed by atoms with Crippen LogP contribution in [0.25, 0.3) is 0 Å². The van der Waals surface area contributed by atoms with Gasteiger partial charge in [0.15, 0.2) is 0 Å². The van der Waals surface area contributed by atoms with E-state index in [-0.39, 0.29) is 19.2 Å². The Hall–Kier alpha value is -1.22. The third kappa shape index (κ3) is 2.71. The fraction of sp³-hybridized carbons (Fsp3) is 0.273. The smallest absolute Gasteiger partial charge is 0.301 e. The minimum Gasteiger partial charge on any atom is -0.301 e. The maximum atomic E-state index is 12.5. The summed E-state index contributed by atoms with van der Waals surface area (Å²) in [5, 5.41) is -0.302. The molecular weight excluding hydrogens is 379 g/mol. The van der Waals surface area contributed by atoms with Gasteiger partial charge in [-0.15, -0.1) is 0 Å². The molecule has 0 radical (unpaired) electrons. The lowest BCUT2D eigenvalue weighted by Crippen LogP contribution is -2.32. The summed E-state index contributed by atoms with van der Waals surface area (Å²) in [5.74, 6) is -1.10. The van der Waals surface area contributed by atoms with E-state index >= 15 is 0 Å². The van der Waals surface area contributed by atoms with Crippen LogP contribution in [0.1, 0.15) is 19.9 Å². The van der Waals surface area contributed by atoms with Gasteiger partial charge in [0.2, 0.25) is 0 Å². The maximum Gasteiger partial charge on any atom is 0.443 e. The molecular formula is C11H9Cl3N2O5S. The molecule has 22 heavy (non-hydrogen) atoms. The zero-order valence-electron chi connectivity index (χ0n) is 11.2. The summed E-state index contributed by atoms with van der Waals surface area (Å²) in [6.45, 7) is 3.06. The molecule has 2 aromatic rings. The van der Waals surface area contributed by atoms with Crippen molar-refractivity contribution in [1.82, 2.24) is 8.71 Å². The zero-order valence-corrected chi connectivity index (χ0v) is 14.3. The van der Waals surface area contributed by atoms with Gasteiger partial charge in [-0.1, -0.05) is 34.8 Å². The number of benzene rings is 1. The first kappa shape index (κ1) is 17.1. The lowest BCUT2D eigenvalue weighted by Gasteiger charge is -2.06. The molecule has 0 unspecified atom stereocenters. The minimum atomic E-state index is -4.53. The summed E-state index contributed by atoms with van der Waals surface area (Å²) in [6.07, 6.45) is 0. The van der Waals surface area contributed by atoms with Crippen LogP contribution in [0.2, 0.25) is 15.1 Å². The Morgan fingerprint density at radius 2 is 1.59 bits per heavy atom. The predicted molar refractivity (Wildman–Crippen MR) is 81.7 cm³/mol. The van der Waals surface area contributed by atoms with Crippen LogP contribution in [-0.4, -0.2) is 17.1 Å². The average molecular weight is 388 g/mol. The maximum absolute atomic E-state index is 12.5. The third-order valence-electron chi connectivity index (χ3n) is 2.71. The molecule has 0 aliphatic heterocycles. The van der Waals surface area contributed by atoms with E-state index in [1.54, 1.807) is 0 Å². The molecule has 0 spiro atoms. The van der Waals surface area contributed by atoms with E-state index in [4.69, 9.17) is 34.8 Å². The first-order chi connectivity index (χ1) is 10.1. The number of rotatable bonds is 3. The van der Waals surface area contributed by atoms with Crippen molar-refractivity contribution in [1.29, 1.82) is 0 Å². The first-order valence-electron chi connectivity index (χ1n) is 5.82. The number of nitrogens with zero attached hydrogens (tertiary/aromatic N) is 2. The molecule has 0 bridgehead atoms. The number of aromatic nitrogens is 2. The summed E-state index contributed by atoms with van der Waals surface area (Å²) in [4.78, 5) is 23.2. The minimum absolute atomic E-state index is 0.0270. The van der Waals surface area contributed by atoms with E-state index in [9.17, 15) is 18.0 Å². The van der Waals surface area contributed by atoms with Gasteiger partial charge in [0.25, 0.3) is 0 Å². The van der Waals surface area contributed by atoms with Crippen LogP contribution in [0.15, 0.2) is 31.1 Å². The Morgan fingerprint density at radius 1 is 1.05 bits per heavy atom. The summed E-state index contributed by atoms with van der Waals surface area (Å²) >= 11 is 17.3. The van der Waals surface area contributed by atoms with E-state index in [1.165, 1.54) is 13.8 Å². The van der Waals surface area contributed by atoms with E-state index < -0.39 is 32.4 Å². The highest BCUT2D eigenvalue weighted by Gasteiger charge is 2.29. The van der Waals surface area contributed by atoms with Gasteiger partial charge >= 0.3 is 21.5 Å². The van der Waals surface area contributed by atoms with Gasteiger partial charge in [-0.3, -0.25) is 0 Å². The quantitative estimate of drug-likeness (QED) is 0.754. The van der Waals surface area contributed by atoms with E-state index in [1.807, 2.05) is 0 Å². The van der Waals surface area contributed by atoms with Crippen LogP contribution in [0, 0.1) is 0 Å². The van der Waals surface area contributed by atoms with Crippen LogP contribution < -0.4 is 11.4 Å². The standard InChI is InChI=1S/C11H9Cl3N2O5S/c1-5(2)15-10(17)16(21-11(15)18)22(19,20)9-4-7(13)6(12)3-8(9)14/h3-5H,1-2H3. The van der Waals surface area contributed by atoms with Crippen molar-refractivity contribution in [3.05, 3.63) is 48.2 Å². The summed E-state index contributed by atoms with van der Waals surface area (Å²) in [6, 6.07) is 1.51. The van der Waals surface area contributed by atoms with Crippen molar-refractivity contribution in [2.24, 2.45) is 0 Å². The first-order valence-corrected chi connectivity index (χ1v) is 8.39. The van der Waals surface area contributed by atoms with E-state index in [0.29, 0.717) is 4.57 Å². The number of hydrogen-bond donors (Lipinski definition) is 0. The molecule has 7 nitrogen and oxygen atoms in total. The molecule has 0 amide bonds. The average Bonchev–Trinajstić information content (AvgIpc) is 2.69. The fourth-order valence-corrected chi connectivity index (χ4v) is 3.81. The monoisotopic (exact) mass is 386 g/mol. The zero-order chi connectivity index (χ0) is 16.8. The van der Waals surface area contributed by atoms with Gasteiger partial charge < -0.3 is 4.52 Å². The van der Waals surface area contributed by atoms with Gasteiger partial charge in [0, 0.05) is 6.04 Å². The molecule has 1 heterocycles. The van der Waals surface area contributed by atoms with Crippen molar-refractivity contribution in [2.45, 2.75) is 24.8 Å². The molecule has 11 heteroatoms. The molecule has 0 aliphatic rings. The Kier molecular flexibility index (Phi) is 4.49. The highest BCUT2D eigenvalue weighted by atomic mass is 35.5. The summed E-state index contributed by atoms with van der Waals surface area (Å²) in [7, 11) is -4.53. The number of halogens is 3. The molecule has 0 atom stereocenters. The fourth-order valence-electron chi connectivity index (χ4n) is 1.69. The lowest BCUT2D eigenvalue weighted by atomic mass is 10.4. The van der Waals surface area contributed by atoms with Crippen molar-refractivity contribution in [2.75, 3.05) is 0 Å². The highest BCUT2D eigenvalue weighted by Crippen LogP contribution is 2.32. The van der Waals surface area contributed by atoms with Crippen LogP contribution in [-0.2, 0) is 10.0 Å². The Labute approximate surface area is 139 Å². The second-order valence-corrected chi connectivity index (χ2v) is 7.48. The molecule has 0 fully saturated rings. The van der Waals surface area contributed by atoms with Gasteiger partial charge in [0.05, 0.1) is 15.1 Å². The van der Waals surface area contributed by atoms with E-state index in [0.717, 1.165) is 12.1 Å². The summed E-state index contributed by atoms with van der Waals surface area (Å²) in [5.41, 5.74) is -1.14. The number of hydrogen-bond acceptors (Lipinski definition) is 5. The third-order valence-corrected chi connectivity index (χ3v) is 5.42. The molecule has 1 aromatic heterocycles. The molecule has 2 rings (SSSR count). The van der Waals surface area contributed by atoms with Crippen LogP contribution in [0.4, 0.5) is 0 Å². The Balaban J connectivity index is 2.78. The lowest BCUT2D eigenvalue weighted by molar-refractivity contribution is 0.328. The normalized spacial score (nSPS) is 12.1. The van der Waals surface area contributed by atoms with Crippen molar-refractivity contribution in [3.63, 3.8) is 0 Å². The molecule has 0 saturated heterocycles. The van der Waals surface area contributed by atoms with Crippen molar-refractivity contribution >= 4 is 44.8 Å². The van der Waals surface area contributed by atoms with Gasteiger partial charge in [-0.25, -0.2) is 14.2 Å². The molecule has 120 valence electrons. The van der Waals surface area contributed by atoms with Crippen LogP contribution >= 0.6 is 34.8 Å². The van der Waals surface area contributed by atoms with Gasteiger partial charge in [0.1, 0.15) is 4.90 Å².